The SMILES string of the molecule is CC(C)C(CN(C)C)Nc1cc(N)cc(S(N)(=O)=O)c1. The number of primary sulfonamides is 1. The summed E-state index contributed by atoms with van der Waals surface area (Å²) in [5.41, 5.74) is 6.77. The summed E-state index contributed by atoms with van der Waals surface area (Å²) < 4.78 is 22.8. The van der Waals surface area contributed by atoms with Gasteiger partial charge in [-0.2, -0.15) is 0 Å². The molecule has 0 spiro atoms. The lowest BCUT2D eigenvalue weighted by Gasteiger charge is -2.27. The van der Waals surface area contributed by atoms with Gasteiger partial charge in [0.2, 0.25) is 10.0 Å². The monoisotopic (exact) mass is 300 g/mol. The van der Waals surface area contributed by atoms with Crippen LogP contribution in [0.4, 0.5) is 11.4 Å². The molecule has 0 saturated heterocycles. The Kier molecular flexibility index (Phi) is 5.38. The number of benzene rings is 1. The average Bonchev–Trinajstić information content (AvgIpc) is 2.25. The first-order valence-corrected chi connectivity index (χ1v) is 7.99. The van der Waals surface area contributed by atoms with E-state index in [0.29, 0.717) is 17.3 Å². The van der Waals surface area contributed by atoms with Gasteiger partial charge < -0.3 is 16.0 Å². The fourth-order valence-electron chi connectivity index (χ4n) is 1.90. The molecule has 7 heteroatoms. The van der Waals surface area contributed by atoms with Crippen LogP contribution in [-0.4, -0.2) is 40.0 Å². The molecule has 114 valence electrons. The summed E-state index contributed by atoms with van der Waals surface area (Å²) in [7, 11) is 0.227. The van der Waals surface area contributed by atoms with Crippen LogP contribution in [0.3, 0.4) is 0 Å². The van der Waals surface area contributed by atoms with Crippen molar-refractivity contribution in [2.75, 3.05) is 31.7 Å². The van der Waals surface area contributed by atoms with Crippen molar-refractivity contribution in [1.29, 1.82) is 0 Å². The normalized spacial score (nSPS) is 13.8. The Morgan fingerprint density at radius 3 is 2.30 bits per heavy atom. The number of nitrogens with two attached hydrogens (primary N) is 2. The van der Waals surface area contributed by atoms with Crippen LogP contribution in [0.2, 0.25) is 0 Å². The third kappa shape index (κ3) is 4.99. The van der Waals surface area contributed by atoms with Crippen LogP contribution in [0.5, 0.6) is 0 Å². The maximum Gasteiger partial charge on any atom is 0.238 e. The average molecular weight is 300 g/mol. The fraction of sp³-hybridized carbons (Fsp3) is 0.538. The summed E-state index contributed by atoms with van der Waals surface area (Å²) in [5, 5.41) is 8.47. The van der Waals surface area contributed by atoms with Gasteiger partial charge in [0, 0.05) is 24.0 Å². The van der Waals surface area contributed by atoms with Crippen LogP contribution in [0, 0.1) is 5.92 Å². The third-order valence-corrected chi connectivity index (χ3v) is 3.87. The molecule has 0 saturated carbocycles. The first kappa shape index (κ1) is 16.7. The Labute approximate surface area is 121 Å². The first-order chi connectivity index (χ1) is 9.09. The van der Waals surface area contributed by atoms with E-state index >= 15 is 0 Å². The van der Waals surface area contributed by atoms with Crippen LogP contribution in [-0.2, 0) is 10.0 Å². The standard InChI is InChI=1S/C13H24N4O2S/c1-9(2)13(8-17(3)4)16-11-5-10(14)6-12(7-11)20(15,18)19/h5-7,9,13,16H,8,14H2,1-4H3,(H2,15,18,19). The smallest absolute Gasteiger partial charge is 0.238 e. The quantitative estimate of drug-likeness (QED) is 0.678. The van der Waals surface area contributed by atoms with Crippen molar-refractivity contribution in [3.8, 4) is 0 Å². The molecule has 1 aromatic carbocycles. The highest BCUT2D eigenvalue weighted by Gasteiger charge is 2.16. The number of hydrogen-bond acceptors (Lipinski definition) is 5. The van der Waals surface area contributed by atoms with Gasteiger partial charge >= 0.3 is 0 Å². The second kappa shape index (κ2) is 6.43. The Hall–Kier alpha value is -1.31. The summed E-state index contributed by atoms with van der Waals surface area (Å²) in [6.45, 7) is 5.04. The lowest BCUT2D eigenvalue weighted by atomic mass is 10.0. The number of anilines is 2. The summed E-state index contributed by atoms with van der Waals surface area (Å²) in [6, 6.07) is 4.76. The van der Waals surface area contributed by atoms with Crippen molar-refractivity contribution in [2.45, 2.75) is 24.8 Å². The van der Waals surface area contributed by atoms with Gasteiger partial charge in [0.1, 0.15) is 0 Å². The topological polar surface area (TPSA) is 101 Å². The molecule has 0 amide bonds. The molecule has 0 radical (unpaired) electrons. The molecule has 20 heavy (non-hydrogen) atoms. The molecule has 0 fully saturated rings. The van der Waals surface area contributed by atoms with Crippen LogP contribution in [0.15, 0.2) is 23.1 Å². The molecule has 5 N–H and O–H groups in total. The second-order valence-electron chi connectivity index (χ2n) is 5.59. The van der Waals surface area contributed by atoms with Crippen LogP contribution >= 0.6 is 0 Å². The van der Waals surface area contributed by atoms with Gasteiger partial charge in [-0.05, 0) is 38.2 Å². The highest BCUT2D eigenvalue weighted by molar-refractivity contribution is 7.89. The number of nitrogens with one attached hydrogen (secondary N) is 1. The minimum Gasteiger partial charge on any atom is -0.399 e. The number of hydrogen-bond donors (Lipinski definition) is 3. The van der Waals surface area contributed by atoms with Crippen molar-refractivity contribution in [3.63, 3.8) is 0 Å². The lowest BCUT2D eigenvalue weighted by Crippen LogP contribution is -2.36. The Bertz CT molecular complexity index is 555. The maximum absolute atomic E-state index is 11.4. The summed E-state index contributed by atoms with van der Waals surface area (Å²) in [5.74, 6) is 0.386. The predicted octanol–water partition coefficient (Wildman–Crippen LogP) is 0.914. The van der Waals surface area contributed by atoms with Crippen LogP contribution < -0.4 is 16.2 Å². The molecule has 1 unspecified atom stereocenters. The predicted molar refractivity (Wildman–Crippen MR) is 83.0 cm³/mol. The van der Waals surface area contributed by atoms with E-state index in [0.717, 1.165) is 6.54 Å². The largest absolute Gasteiger partial charge is 0.399 e. The summed E-state index contributed by atoms with van der Waals surface area (Å²) in [6.07, 6.45) is 0. The van der Waals surface area contributed by atoms with E-state index in [-0.39, 0.29) is 10.9 Å². The number of nitrogens with zero attached hydrogens (tertiary/aromatic N) is 1. The van der Waals surface area contributed by atoms with Crippen LogP contribution in [0.25, 0.3) is 0 Å². The van der Waals surface area contributed by atoms with E-state index in [1.807, 2.05) is 14.1 Å². The number of rotatable bonds is 6. The molecule has 0 heterocycles. The van der Waals surface area contributed by atoms with E-state index < -0.39 is 10.0 Å². The molecule has 6 nitrogen and oxygen atoms in total. The molecule has 0 bridgehead atoms. The van der Waals surface area contributed by atoms with E-state index in [1.54, 1.807) is 6.07 Å². The highest BCUT2D eigenvalue weighted by Crippen LogP contribution is 2.21. The Balaban J connectivity index is 3.04. The van der Waals surface area contributed by atoms with Gasteiger partial charge in [0.25, 0.3) is 0 Å². The second-order valence-corrected chi connectivity index (χ2v) is 7.15. The van der Waals surface area contributed by atoms with E-state index in [2.05, 4.69) is 24.1 Å². The zero-order chi connectivity index (χ0) is 15.5. The number of likely N-dealkylation sites (N-methyl/N-ethyl adjacent to an activating group) is 1. The first-order valence-electron chi connectivity index (χ1n) is 6.44. The molecule has 0 aliphatic carbocycles. The molecule has 1 rings (SSSR count). The molecule has 1 atom stereocenters. The van der Waals surface area contributed by atoms with Gasteiger partial charge in [0.15, 0.2) is 0 Å². The minimum atomic E-state index is -3.76. The van der Waals surface area contributed by atoms with Crippen molar-refractivity contribution in [2.24, 2.45) is 11.1 Å². The molecule has 0 aromatic heterocycles. The maximum atomic E-state index is 11.4. The number of nitrogen functional groups attached to an aromatic ring is 1. The highest BCUT2D eigenvalue weighted by atomic mass is 32.2. The lowest BCUT2D eigenvalue weighted by molar-refractivity contribution is 0.344. The molecule has 1 aromatic rings. The van der Waals surface area contributed by atoms with Gasteiger partial charge in [-0.25, -0.2) is 13.6 Å². The fourth-order valence-corrected chi connectivity index (χ4v) is 2.49. The number of sulfonamides is 1. The van der Waals surface area contributed by atoms with Gasteiger partial charge in [-0.1, -0.05) is 13.8 Å². The van der Waals surface area contributed by atoms with Crippen molar-refractivity contribution in [1.82, 2.24) is 4.90 Å². The Morgan fingerprint density at radius 1 is 1.25 bits per heavy atom. The van der Waals surface area contributed by atoms with Crippen molar-refractivity contribution < 1.29 is 8.42 Å². The van der Waals surface area contributed by atoms with Crippen molar-refractivity contribution in [3.05, 3.63) is 18.2 Å². The zero-order valence-corrected chi connectivity index (χ0v) is 13.2. The van der Waals surface area contributed by atoms with Crippen molar-refractivity contribution >= 4 is 21.4 Å². The van der Waals surface area contributed by atoms with E-state index in [9.17, 15) is 8.42 Å². The summed E-state index contributed by atoms with van der Waals surface area (Å²) in [4.78, 5) is 2.09. The van der Waals surface area contributed by atoms with Gasteiger partial charge in [0.05, 0.1) is 4.90 Å². The van der Waals surface area contributed by atoms with Gasteiger partial charge in [-0.15, -0.1) is 0 Å². The van der Waals surface area contributed by atoms with Gasteiger partial charge in [-0.3, -0.25) is 0 Å². The molecule has 0 aliphatic heterocycles. The molecular formula is C13H24N4O2S. The summed E-state index contributed by atoms with van der Waals surface area (Å²) >= 11 is 0. The van der Waals surface area contributed by atoms with E-state index in [1.165, 1.54) is 12.1 Å². The van der Waals surface area contributed by atoms with Crippen LogP contribution in [0.1, 0.15) is 13.8 Å². The van der Waals surface area contributed by atoms with E-state index in [4.69, 9.17) is 10.9 Å². The minimum absolute atomic E-state index is 0.0207. The third-order valence-electron chi connectivity index (χ3n) is 2.98. The Morgan fingerprint density at radius 2 is 1.85 bits per heavy atom. The molecular weight excluding hydrogens is 276 g/mol. The molecule has 0 aliphatic rings. The zero-order valence-electron chi connectivity index (χ0n) is 12.4.